The Morgan fingerprint density at radius 2 is 1.84 bits per heavy atom. The number of rotatable bonds is 8. The monoisotopic (exact) mass is 556 g/mol. The number of phosphoric acid groups is 1. The highest BCUT2D eigenvalue weighted by molar-refractivity contribution is 7.45. The second-order valence-electron chi connectivity index (χ2n) is 8.62. The van der Waals surface area contributed by atoms with Gasteiger partial charge in [0.05, 0.1) is 25.6 Å². The molecule has 0 saturated carbocycles. The molecule has 0 amide bonds. The van der Waals surface area contributed by atoms with Gasteiger partial charge in [-0.3, -0.25) is 23.5 Å². The molecule has 2 fully saturated rings. The Bertz CT molecular complexity index is 1480. The van der Waals surface area contributed by atoms with Gasteiger partial charge in [0.15, 0.2) is 17.7 Å². The maximum absolute atomic E-state index is 12.3. The quantitative estimate of drug-likeness (QED) is 0.170. The first kappa shape index (κ1) is 26.5. The van der Waals surface area contributed by atoms with Crippen LogP contribution in [0.3, 0.4) is 0 Å². The van der Waals surface area contributed by atoms with E-state index in [9.17, 15) is 34.4 Å². The van der Waals surface area contributed by atoms with Crippen LogP contribution in [0.4, 0.5) is 5.82 Å². The van der Waals surface area contributed by atoms with Crippen molar-refractivity contribution in [2.75, 3.05) is 18.9 Å². The highest BCUT2D eigenvalue weighted by Crippen LogP contribution is 2.42. The number of fused-ring (bicyclic) bond motifs is 1. The van der Waals surface area contributed by atoms with Crippen molar-refractivity contribution in [2.24, 2.45) is 0 Å². The predicted molar refractivity (Wildman–Crippen MR) is 121 cm³/mol. The Kier molecular flexibility index (Phi) is 7.16. The van der Waals surface area contributed by atoms with Gasteiger partial charge >= 0.3 is 5.69 Å². The highest BCUT2D eigenvalue weighted by atomic mass is 31.2. The lowest BCUT2D eigenvalue weighted by Gasteiger charge is -2.26. The molecule has 18 nitrogen and oxygen atoms in total. The number of aromatic nitrogens is 6. The first-order valence-corrected chi connectivity index (χ1v) is 12.7. The Morgan fingerprint density at radius 3 is 2.58 bits per heavy atom. The van der Waals surface area contributed by atoms with Crippen LogP contribution in [0.5, 0.6) is 0 Å². The van der Waals surface area contributed by atoms with E-state index in [-0.39, 0.29) is 23.4 Å². The van der Waals surface area contributed by atoms with Crippen LogP contribution in [0.1, 0.15) is 18.9 Å². The molecule has 0 aliphatic carbocycles. The van der Waals surface area contributed by atoms with Crippen LogP contribution in [-0.4, -0.2) is 88.1 Å². The third-order valence-corrected chi connectivity index (χ3v) is 7.09. The summed E-state index contributed by atoms with van der Waals surface area (Å²) in [6.45, 7) is -1.35. The summed E-state index contributed by atoms with van der Waals surface area (Å²) >= 11 is 0. The van der Waals surface area contributed by atoms with Gasteiger partial charge in [-0.2, -0.15) is 0 Å². The first-order chi connectivity index (χ1) is 18.0. The Labute approximate surface area is 211 Å². The molecule has 3 aromatic heterocycles. The Hall–Kier alpha value is -3.06. The number of hydrogen-bond donors (Lipinski definition) is 5. The molecule has 2 saturated heterocycles. The Morgan fingerprint density at radius 1 is 1.11 bits per heavy atom. The number of phosphoric ester groups is 1. The summed E-state index contributed by atoms with van der Waals surface area (Å²) in [4.78, 5) is 49.4. The van der Waals surface area contributed by atoms with Gasteiger partial charge in [0, 0.05) is 18.7 Å². The van der Waals surface area contributed by atoms with Crippen molar-refractivity contribution in [3.8, 4) is 0 Å². The molecule has 0 radical (unpaired) electrons. The SMILES string of the molecule is Nc1ncnc2c1ncn2C1OC(COP(=O)([O-])OC[C@H]2O[C@@H](n3ccc(=O)[nH]c3=O)CC2O)[C@H](O)[C@@H]1O. The van der Waals surface area contributed by atoms with Gasteiger partial charge in [-0.1, -0.05) is 0 Å². The van der Waals surface area contributed by atoms with Crippen molar-refractivity contribution in [1.29, 1.82) is 0 Å². The van der Waals surface area contributed by atoms with Crippen LogP contribution in [0, 0.1) is 0 Å². The lowest BCUT2D eigenvalue weighted by molar-refractivity contribution is -0.231. The van der Waals surface area contributed by atoms with Gasteiger partial charge in [0.1, 0.15) is 42.5 Å². The van der Waals surface area contributed by atoms with Crippen LogP contribution < -0.4 is 21.9 Å². The minimum Gasteiger partial charge on any atom is -0.756 e. The fraction of sp³-hybridized carbons (Fsp3) is 0.526. The van der Waals surface area contributed by atoms with Crippen LogP contribution in [0.15, 0.2) is 34.5 Å². The van der Waals surface area contributed by atoms with Gasteiger partial charge in [0.2, 0.25) is 0 Å². The van der Waals surface area contributed by atoms with Crippen molar-refractivity contribution in [3.05, 3.63) is 45.8 Å². The second-order valence-corrected chi connectivity index (χ2v) is 10.0. The number of aromatic amines is 1. The molecular formula is C19H23N7O11P-. The number of nitrogens with two attached hydrogens (primary N) is 1. The third kappa shape index (κ3) is 5.13. The van der Waals surface area contributed by atoms with E-state index in [0.717, 1.165) is 10.6 Å². The van der Waals surface area contributed by atoms with Crippen LogP contribution >= 0.6 is 7.82 Å². The average molecular weight is 556 g/mol. The van der Waals surface area contributed by atoms with E-state index in [1.54, 1.807) is 0 Å². The number of nitrogen functional groups attached to an aromatic ring is 1. The summed E-state index contributed by atoms with van der Waals surface area (Å²) < 4.78 is 35.4. The van der Waals surface area contributed by atoms with Gasteiger partial charge < -0.3 is 44.5 Å². The molecule has 2 aliphatic rings. The van der Waals surface area contributed by atoms with E-state index in [2.05, 4.69) is 19.9 Å². The number of imidazole rings is 1. The van der Waals surface area contributed by atoms with Crippen LogP contribution in [0.2, 0.25) is 0 Å². The molecule has 206 valence electrons. The fourth-order valence-corrected chi connectivity index (χ4v) is 4.94. The molecule has 4 unspecified atom stereocenters. The summed E-state index contributed by atoms with van der Waals surface area (Å²) in [7, 11) is -4.99. The average Bonchev–Trinajstić information content (AvgIpc) is 3.53. The second kappa shape index (κ2) is 10.3. The maximum Gasteiger partial charge on any atom is 0.330 e. The van der Waals surface area contributed by atoms with E-state index < -0.39 is 75.3 Å². The van der Waals surface area contributed by atoms with Crippen molar-refractivity contribution in [3.63, 3.8) is 0 Å². The highest BCUT2D eigenvalue weighted by Gasteiger charge is 2.45. The van der Waals surface area contributed by atoms with Crippen molar-refractivity contribution in [2.45, 2.75) is 49.4 Å². The number of aliphatic hydroxyl groups excluding tert-OH is 3. The fourth-order valence-electron chi connectivity index (χ4n) is 4.21. The number of H-pyrrole nitrogens is 1. The largest absolute Gasteiger partial charge is 0.756 e. The molecule has 8 atom stereocenters. The number of nitrogens with one attached hydrogen (secondary N) is 1. The lowest BCUT2D eigenvalue weighted by atomic mass is 10.1. The molecule has 19 heteroatoms. The summed E-state index contributed by atoms with van der Waals surface area (Å²) in [5.41, 5.74) is 4.86. The molecule has 38 heavy (non-hydrogen) atoms. The maximum atomic E-state index is 12.3. The van der Waals surface area contributed by atoms with Crippen LogP contribution in [-0.2, 0) is 23.1 Å². The van der Waals surface area contributed by atoms with E-state index in [1.165, 1.54) is 23.4 Å². The minimum atomic E-state index is -4.99. The summed E-state index contributed by atoms with van der Waals surface area (Å²) in [6, 6.07) is 1.10. The zero-order valence-electron chi connectivity index (χ0n) is 19.3. The number of ether oxygens (including phenoxy) is 2. The van der Waals surface area contributed by atoms with E-state index in [1.807, 2.05) is 0 Å². The smallest absolute Gasteiger partial charge is 0.330 e. The Balaban J connectivity index is 1.17. The van der Waals surface area contributed by atoms with Crippen molar-refractivity contribution in [1.82, 2.24) is 29.1 Å². The molecule has 0 spiro atoms. The number of anilines is 1. The molecule has 5 heterocycles. The van der Waals surface area contributed by atoms with Gasteiger partial charge in [-0.05, 0) is 0 Å². The zero-order chi connectivity index (χ0) is 27.2. The van der Waals surface area contributed by atoms with Crippen molar-refractivity contribution >= 4 is 24.8 Å². The molecule has 0 bridgehead atoms. The van der Waals surface area contributed by atoms with Crippen molar-refractivity contribution < 1.29 is 43.3 Å². The predicted octanol–water partition coefficient (Wildman–Crippen LogP) is -3.27. The molecule has 0 aromatic carbocycles. The number of hydrogen-bond acceptors (Lipinski definition) is 15. The number of aliphatic hydroxyl groups is 3. The van der Waals surface area contributed by atoms with Gasteiger partial charge in [-0.25, -0.2) is 19.7 Å². The molecule has 6 N–H and O–H groups in total. The molecule has 3 aromatic rings. The lowest BCUT2D eigenvalue weighted by Crippen LogP contribution is -2.34. The standard InChI is InChI=1S/C19H24N7O11P/c20-16-13-17(22-6-21-16)26(7-23-13)18-15(30)14(29)10(37-18)5-35-38(32,33)34-4-9-8(27)3-12(36-9)25-2-1-11(28)24-19(25)31/h1-2,6-10,12,14-15,18,27,29-30H,3-5H2,(H,32,33)(H2,20,21,22)(H,24,28,31)/p-1/t8?,9-,10?,12-,14+,15+,18?/m1/s1. The zero-order valence-corrected chi connectivity index (χ0v) is 20.2. The van der Waals surface area contributed by atoms with Gasteiger partial charge in [-0.15, -0.1) is 0 Å². The summed E-state index contributed by atoms with van der Waals surface area (Å²) in [6.07, 6.45) is -5.17. The van der Waals surface area contributed by atoms with Gasteiger partial charge in [0.25, 0.3) is 13.4 Å². The van der Waals surface area contributed by atoms with E-state index >= 15 is 0 Å². The van der Waals surface area contributed by atoms with Crippen LogP contribution in [0.25, 0.3) is 11.2 Å². The minimum absolute atomic E-state index is 0.0646. The normalized spacial score (nSPS) is 31.1. The molecule has 5 rings (SSSR count). The van der Waals surface area contributed by atoms with E-state index in [0.29, 0.717) is 0 Å². The number of nitrogens with zero attached hydrogens (tertiary/aromatic N) is 5. The summed E-state index contributed by atoms with van der Waals surface area (Å²) in [5, 5.41) is 31.1. The molecule has 2 aliphatic heterocycles. The summed E-state index contributed by atoms with van der Waals surface area (Å²) in [5.74, 6) is 0.0968. The molecular weight excluding hydrogens is 533 g/mol. The van der Waals surface area contributed by atoms with E-state index in [4.69, 9.17) is 24.3 Å². The topological polar surface area (TPSA) is 262 Å². The third-order valence-electron chi connectivity index (χ3n) is 6.16. The first-order valence-electron chi connectivity index (χ1n) is 11.2.